The van der Waals surface area contributed by atoms with E-state index in [2.05, 4.69) is 37.9 Å². The van der Waals surface area contributed by atoms with Gasteiger partial charge in [-0.1, -0.05) is 6.08 Å². The molecule has 0 saturated heterocycles. The predicted octanol–water partition coefficient (Wildman–Crippen LogP) is 3.67. The minimum absolute atomic E-state index is 0.485. The first kappa shape index (κ1) is 11.5. The number of thiophene rings is 1. The molecule has 78 valence electrons. The summed E-state index contributed by atoms with van der Waals surface area (Å²) in [4.78, 5) is 2.82. The number of nitrogens with one attached hydrogen (secondary N) is 1. The quantitative estimate of drug-likeness (QED) is 0.557. The summed E-state index contributed by atoms with van der Waals surface area (Å²) in [5.74, 6) is 0. The summed E-state index contributed by atoms with van der Waals surface area (Å²) in [7, 11) is 0. The Labute approximate surface area is 90.9 Å². The predicted molar refractivity (Wildman–Crippen MR) is 64.9 cm³/mol. The molecule has 0 spiro atoms. The van der Waals surface area contributed by atoms with Crippen LogP contribution in [0.1, 0.15) is 35.6 Å². The third-order valence-electron chi connectivity index (χ3n) is 2.22. The number of unbranched alkanes of at least 4 members (excludes halogenated alkanes) is 1. The molecule has 1 unspecified atom stereocenters. The van der Waals surface area contributed by atoms with E-state index in [9.17, 15) is 0 Å². The van der Waals surface area contributed by atoms with E-state index in [-0.39, 0.29) is 0 Å². The zero-order valence-corrected chi connectivity index (χ0v) is 9.86. The Bertz CT molecular complexity index is 278. The van der Waals surface area contributed by atoms with Crippen LogP contribution < -0.4 is 5.32 Å². The number of hydrogen-bond donors (Lipinski definition) is 1. The molecule has 0 radical (unpaired) electrons. The molecule has 1 rings (SSSR count). The monoisotopic (exact) mass is 209 g/mol. The summed E-state index contributed by atoms with van der Waals surface area (Å²) in [6, 6.07) is 4.88. The van der Waals surface area contributed by atoms with Gasteiger partial charge in [-0.25, -0.2) is 0 Å². The fourth-order valence-electron chi connectivity index (χ4n) is 1.35. The second kappa shape index (κ2) is 5.99. The second-order valence-electron chi connectivity index (χ2n) is 3.56. The Balaban J connectivity index is 2.28. The number of hydrogen-bond acceptors (Lipinski definition) is 2. The van der Waals surface area contributed by atoms with E-state index in [0.717, 1.165) is 13.0 Å². The Hall–Kier alpha value is -0.600. The summed E-state index contributed by atoms with van der Waals surface area (Å²) >= 11 is 1.88. The average Bonchev–Trinajstić information content (AvgIpc) is 2.59. The van der Waals surface area contributed by atoms with Gasteiger partial charge >= 0.3 is 0 Å². The molecule has 0 fully saturated rings. The third kappa shape index (κ3) is 3.64. The molecule has 2 heteroatoms. The Kier molecular flexibility index (Phi) is 4.91. The first-order valence-corrected chi connectivity index (χ1v) is 5.96. The van der Waals surface area contributed by atoms with Crippen LogP contribution in [0.4, 0.5) is 0 Å². The van der Waals surface area contributed by atoms with Crippen LogP contribution in [-0.4, -0.2) is 6.54 Å². The van der Waals surface area contributed by atoms with Crippen molar-refractivity contribution in [3.8, 4) is 0 Å². The van der Waals surface area contributed by atoms with Crippen LogP contribution in [0.2, 0.25) is 0 Å². The fourth-order valence-corrected chi connectivity index (χ4v) is 2.26. The molecule has 0 aromatic carbocycles. The van der Waals surface area contributed by atoms with Gasteiger partial charge in [-0.15, -0.1) is 17.9 Å². The Morgan fingerprint density at radius 3 is 2.93 bits per heavy atom. The van der Waals surface area contributed by atoms with Crippen molar-refractivity contribution in [1.82, 2.24) is 5.32 Å². The first-order chi connectivity index (χ1) is 6.74. The lowest BCUT2D eigenvalue weighted by Crippen LogP contribution is -2.18. The summed E-state index contributed by atoms with van der Waals surface area (Å²) in [5.41, 5.74) is 0. The lowest BCUT2D eigenvalue weighted by Gasteiger charge is -2.11. The van der Waals surface area contributed by atoms with Gasteiger partial charge in [0.2, 0.25) is 0 Å². The highest BCUT2D eigenvalue weighted by Crippen LogP contribution is 2.21. The van der Waals surface area contributed by atoms with Crippen molar-refractivity contribution in [3.05, 3.63) is 34.5 Å². The van der Waals surface area contributed by atoms with E-state index >= 15 is 0 Å². The van der Waals surface area contributed by atoms with Gasteiger partial charge in [-0.05, 0) is 45.4 Å². The second-order valence-corrected chi connectivity index (χ2v) is 4.87. The summed E-state index contributed by atoms with van der Waals surface area (Å²) in [6.45, 7) is 9.16. The zero-order valence-electron chi connectivity index (χ0n) is 9.05. The van der Waals surface area contributed by atoms with Crippen LogP contribution in [0.15, 0.2) is 24.8 Å². The van der Waals surface area contributed by atoms with Crippen LogP contribution in [0.25, 0.3) is 0 Å². The molecule has 1 N–H and O–H groups in total. The number of allylic oxidation sites excluding steroid dienone is 1. The maximum absolute atomic E-state index is 3.71. The molecule has 0 saturated carbocycles. The Morgan fingerprint density at radius 1 is 1.57 bits per heavy atom. The van der Waals surface area contributed by atoms with Crippen LogP contribution in [0, 0.1) is 6.92 Å². The molecule has 0 bridgehead atoms. The normalized spacial score (nSPS) is 12.7. The van der Waals surface area contributed by atoms with E-state index in [0.29, 0.717) is 6.04 Å². The molecule has 0 aliphatic carbocycles. The van der Waals surface area contributed by atoms with Crippen LogP contribution in [-0.2, 0) is 0 Å². The van der Waals surface area contributed by atoms with Gasteiger partial charge in [-0.2, -0.15) is 0 Å². The van der Waals surface area contributed by atoms with Crippen molar-refractivity contribution in [1.29, 1.82) is 0 Å². The van der Waals surface area contributed by atoms with Crippen molar-refractivity contribution in [2.24, 2.45) is 0 Å². The summed E-state index contributed by atoms with van der Waals surface area (Å²) < 4.78 is 0. The first-order valence-electron chi connectivity index (χ1n) is 5.14. The lowest BCUT2D eigenvalue weighted by atomic mass is 10.2. The van der Waals surface area contributed by atoms with E-state index in [4.69, 9.17) is 0 Å². The maximum Gasteiger partial charge on any atom is 0.0386 e. The van der Waals surface area contributed by atoms with Gasteiger partial charge in [0, 0.05) is 15.8 Å². The van der Waals surface area contributed by atoms with Crippen molar-refractivity contribution in [2.75, 3.05) is 6.54 Å². The molecule has 1 aromatic heterocycles. The van der Waals surface area contributed by atoms with Gasteiger partial charge in [0.15, 0.2) is 0 Å². The van der Waals surface area contributed by atoms with E-state index in [1.165, 1.54) is 16.2 Å². The van der Waals surface area contributed by atoms with Crippen LogP contribution in [0.3, 0.4) is 0 Å². The van der Waals surface area contributed by atoms with Crippen LogP contribution in [0.5, 0.6) is 0 Å². The van der Waals surface area contributed by atoms with Gasteiger partial charge in [0.25, 0.3) is 0 Å². The molecule has 14 heavy (non-hydrogen) atoms. The number of aryl methyl sites for hydroxylation is 1. The van der Waals surface area contributed by atoms with Gasteiger partial charge < -0.3 is 5.32 Å². The Morgan fingerprint density at radius 2 is 2.36 bits per heavy atom. The highest BCUT2D eigenvalue weighted by molar-refractivity contribution is 7.12. The SMILES string of the molecule is C=CCCCNC(C)c1ccc(C)s1. The maximum atomic E-state index is 3.71. The molecule has 1 nitrogen and oxygen atoms in total. The molecule has 0 aliphatic rings. The van der Waals surface area contributed by atoms with E-state index in [1.807, 2.05) is 17.4 Å². The molecule has 0 aliphatic heterocycles. The van der Waals surface area contributed by atoms with Gasteiger partial charge in [0.1, 0.15) is 0 Å². The van der Waals surface area contributed by atoms with Crippen molar-refractivity contribution in [3.63, 3.8) is 0 Å². The van der Waals surface area contributed by atoms with Gasteiger partial charge in [-0.3, -0.25) is 0 Å². The van der Waals surface area contributed by atoms with Gasteiger partial charge in [0.05, 0.1) is 0 Å². The molecule has 1 atom stereocenters. The van der Waals surface area contributed by atoms with Crippen molar-refractivity contribution >= 4 is 11.3 Å². The highest BCUT2D eigenvalue weighted by atomic mass is 32.1. The van der Waals surface area contributed by atoms with E-state index in [1.54, 1.807) is 0 Å². The highest BCUT2D eigenvalue weighted by Gasteiger charge is 2.05. The van der Waals surface area contributed by atoms with Crippen LogP contribution >= 0.6 is 11.3 Å². The standard InChI is InChI=1S/C12H19NS/c1-4-5-6-9-13-11(3)12-8-7-10(2)14-12/h4,7-8,11,13H,1,5-6,9H2,2-3H3. The fraction of sp³-hybridized carbons (Fsp3) is 0.500. The summed E-state index contributed by atoms with van der Waals surface area (Å²) in [5, 5.41) is 3.51. The molecule has 0 amide bonds. The molecule has 1 aromatic rings. The minimum atomic E-state index is 0.485. The molecule has 1 heterocycles. The largest absolute Gasteiger partial charge is 0.309 e. The molecular formula is C12H19NS. The van der Waals surface area contributed by atoms with E-state index < -0.39 is 0 Å². The molecular weight excluding hydrogens is 190 g/mol. The summed E-state index contributed by atoms with van der Waals surface area (Å²) in [6.07, 6.45) is 4.25. The number of rotatable bonds is 6. The third-order valence-corrected chi connectivity index (χ3v) is 3.41. The minimum Gasteiger partial charge on any atom is -0.309 e. The zero-order chi connectivity index (χ0) is 10.4. The average molecular weight is 209 g/mol. The topological polar surface area (TPSA) is 12.0 Å². The van der Waals surface area contributed by atoms with Crippen molar-refractivity contribution < 1.29 is 0 Å². The van der Waals surface area contributed by atoms with Crippen molar-refractivity contribution in [2.45, 2.75) is 32.7 Å². The lowest BCUT2D eigenvalue weighted by molar-refractivity contribution is 0.568. The smallest absolute Gasteiger partial charge is 0.0386 e.